The van der Waals surface area contributed by atoms with E-state index < -0.39 is 6.09 Å². The zero-order valence-electron chi connectivity index (χ0n) is 26.9. The molecule has 2 amide bonds. The number of benzene rings is 2. The Bertz CT molecular complexity index is 1620. The fraction of sp³-hybridized carbons (Fsp3) is 0.351. The molecule has 10 nitrogen and oxygen atoms in total. The summed E-state index contributed by atoms with van der Waals surface area (Å²) in [6.45, 7) is 7.30. The first kappa shape index (κ1) is 32.0. The van der Waals surface area contributed by atoms with Crippen molar-refractivity contribution in [3.05, 3.63) is 102 Å². The van der Waals surface area contributed by atoms with Gasteiger partial charge in [-0.05, 0) is 86.8 Å². The van der Waals surface area contributed by atoms with Crippen LogP contribution >= 0.6 is 0 Å². The molecule has 0 radical (unpaired) electrons. The van der Waals surface area contributed by atoms with Gasteiger partial charge in [-0.1, -0.05) is 24.6 Å². The fourth-order valence-electron chi connectivity index (χ4n) is 5.83. The first-order chi connectivity index (χ1) is 22.9. The second-order valence-corrected chi connectivity index (χ2v) is 12.3. The number of carbonyl (C=O) groups excluding carboxylic acids is 2. The monoisotopic (exact) mass is 635 g/mol. The largest absolute Gasteiger partial charge is 0.490 e. The first-order valence-electron chi connectivity index (χ1n) is 16.3. The smallest absolute Gasteiger partial charge is 0.416 e. The Labute approximate surface area is 275 Å². The standard InChI is InChI=1S/C37H41N5O5/c1-26-6-16-34(38-23-26)46-32-14-12-31(13-15-32)45-33-18-21-41(22-19-33)37(44)47-35-17-11-30(24-39-35)40-36(43)29-9-7-28(8-10-29)25-42-20-4-3-5-27(42)2/h6-17,23-24,27,33H,3-5,18-22,25H2,1-2H3,(H,40,43). The average molecular weight is 636 g/mol. The Morgan fingerprint density at radius 3 is 2.21 bits per heavy atom. The molecule has 1 atom stereocenters. The van der Waals surface area contributed by atoms with Gasteiger partial charge in [-0.15, -0.1) is 0 Å². The molecule has 6 rings (SSSR count). The summed E-state index contributed by atoms with van der Waals surface area (Å²) in [4.78, 5) is 38.2. The van der Waals surface area contributed by atoms with Crippen molar-refractivity contribution in [2.75, 3.05) is 25.0 Å². The van der Waals surface area contributed by atoms with Crippen molar-refractivity contribution in [1.82, 2.24) is 19.8 Å². The predicted molar refractivity (Wildman–Crippen MR) is 179 cm³/mol. The summed E-state index contributed by atoms with van der Waals surface area (Å²) in [5.41, 5.74) is 3.37. The summed E-state index contributed by atoms with van der Waals surface area (Å²) in [6.07, 6.45) is 7.91. The highest BCUT2D eigenvalue weighted by Crippen LogP contribution is 2.26. The highest BCUT2D eigenvalue weighted by atomic mass is 16.6. The summed E-state index contributed by atoms with van der Waals surface area (Å²) in [7, 11) is 0. The fourth-order valence-corrected chi connectivity index (χ4v) is 5.83. The molecule has 2 aromatic carbocycles. The molecular formula is C37H41N5O5. The molecule has 2 aromatic heterocycles. The molecule has 47 heavy (non-hydrogen) atoms. The predicted octanol–water partition coefficient (Wildman–Crippen LogP) is 7.25. The van der Waals surface area contributed by atoms with Gasteiger partial charge in [0.2, 0.25) is 11.8 Å². The van der Waals surface area contributed by atoms with Crippen LogP contribution in [0.15, 0.2) is 85.2 Å². The minimum atomic E-state index is -0.460. The van der Waals surface area contributed by atoms with Gasteiger partial charge in [0, 0.05) is 62.4 Å². The quantitative estimate of drug-likeness (QED) is 0.205. The van der Waals surface area contributed by atoms with Crippen LogP contribution in [0.3, 0.4) is 0 Å². The number of piperidine rings is 2. The number of aromatic nitrogens is 2. The number of pyridine rings is 2. The Balaban J connectivity index is 0.918. The van der Waals surface area contributed by atoms with E-state index in [4.69, 9.17) is 14.2 Å². The Kier molecular flexibility index (Phi) is 10.3. The van der Waals surface area contributed by atoms with E-state index in [-0.39, 0.29) is 17.9 Å². The van der Waals surface area contributed by atoms with Gasteiger partial charge in [0.1, 0.15) is 17.6 Å². The second-order valence-electron chi connectivity index (χ2n) is 12.3. The van der Waals surface area contributed by atoms with Crippen molar-refractivity contribution in [2.45, 2.75) is 64.6 Å². The van der Waals surface area contributed by atoms with E-state index in [1.807, 2.05) is 67.6 Å². The maximum atomic E-state index is 12.8. The number of nitrogens with one attached hydrogen (secondary N) is 1. The summed E-state index contributed by atoms with van der Waals surface area (Å²) in [5, 5.41) is 2.86. The van der Waals surface area contributed by atoms with Gasteiger partial charge < -0.3 is 24.4 Å². The van der Waals surface area contributed by atoms with Gasteiger partial charge in [0.25, 0.3) is 5.91 Å². The van der Waals surface area contributed by atoms with Crippen molar-refractivity contribution in [3.8, 4) is 23.3 Å². The molecule has 244 valence electrons. The topological polar surface area (TPSA) is 106 Å². The lowest BCUT2D eigenvalue weighted by Crippen LogP contribution is -2.43. The number of likely N-dealkylation sites (tertiary alicyclic amines) is 2. The third kappa shape index (κ3) is 8.86. The molecule has 0 spiro atoms. The second kappa shape index (κ2) is 15.1. The normalized spacial score (nSPS) is 17.1. The van der Waals surface area contributed by atoms with Gasteiger partial charge in [-0.2, -0.15) is 0 Å². The minimum Gasteiger partial charge on any atom is -0.490 e. The van der Waals surface area contributed by atoms with Crippen LogP contribution in [-0.4, -0.2) is 63.5 Å². The van der Waals surface area contributed by atoms with E-state index in [0.29, 0.717) is 54.9 Å². The molecule has 0 saturated carbocycles. The molecule has 10 heteroatoms. The van der Waals surface area contributed by atoms with Crippen LogP contribution in [0.4, 0.5) is 10.5 Å². The molecule has 1 N–H and O–H groups in total. The van der Waals surface area contributed by atoms with Crippen molar-refractivity contribution in [2.24, 2.45) is 0 Å². The van der Waals surface area contributed by atoms with E-state index in [1.165, 1.54) is 31.0 Å². The average Bonchev–Trinajstić information content (AvgIpc) is 3.09. The number of ether oxygens (including phenoxy) is 3. The van der Waals surface area contributed by atoms with Crippen LogP contribution in [-0.2, 0) is 6.54 Å². The van der Waals surface area contributed by atoms with Crippen molar-refractivity contribution in [1.29, 1.82) is 0 Å². The number of anilines is 1. The minimum absolute atomic E-state index is 0.0137. The SMILES string of the molecule is Cc1ccc(Oc2ccc(OC3CCN(C(=O)Oc4ccc(NC(=O)c5ccc(CN6CCCCC6C)cc5)cn4)CC3)cc2)nc1. The molecule has 2 saturated heterocycles. The van der Waals surface area contributed by atoms with E-state index in [2.05, 4.69) is 27.1 Å². The van der Waals surface area contributed by atoms with E-state index >= 15 is 0 Å². The van der Waals surface area contributed by atoms with Crippen molar-refractivity contribution >= 4 is 17.7 Å². The van der Waals surface area contributed by atoms with E-state index in [9.17, 15) is 9.59 Å². The molecule has 2 aliphatic rings. The lowest BCUT2D eigenvalue weighted by molar-refractivity contribution is 0.0922. The van der Waals surface area contributed by atoms with E-state index in [0.717, 1.165) is 24.4 Å². The Morgan fingerprint density at radius 1 is 0.809 bits per heavy atom. The lowest BCUT2D eigenvalue weighted by Gasteiger charge is -2.33. The van der Waals surface area contributed by atoms with Gasteiger partial charge in [-0.25, -0.2) is 14.8 Å². The van der Waals surface area contributed by atoms with Gasteiger partial charge in [0.15, 0.2) is 0 Å². The number of rotatable bonds is 9. The van der Waals surface area contributed by atoms with Crippen LogP contribution in [0.25, 0.3) is 0 Å². The summed E-state index contributed by atoms with van der Waals surface area (Å²) in [6, 6.07) is 22.8. The van der Waals surface area contributed by atoms with Gasteiger partial charge >= 0.3 is 6.09 Å². The molecule has 4 heterocycles. The zero-order chi connectivity index (χ0) is 32.6. The van der Waals surface area contributed by atoms with Gasteiger partial charge in [0.05, 0.1) is 11.9 Å². The number of carbonyl (C=O) groups is 2. The zero-order valence-corrected chi connectivity index (χ0v) is 26.9. The first-order valence-corrected chi connectivity index (χ1v) is 16.3. The summed E-state index contributed by atoms with van der Waals surface area (Å²) in [5.74, 6) is 1.91. The van der Waals surface area contributed by atoms with Crippen LogP contribution in [0.5, 0.6) is 23.3 Å². The maximum Gasteiger partial charge on any atom is 0.416 e. The highest BCUT2D eigenvalue weighted by molar-refractivity contribution is 6.04. The van der Waals surface area contributed by atoms with Crippen LogP contribution in [0.1, 0.15) is 60.5 Å². The van der Waals surface area contributed by atoms with E-state index in [1.54, 1.807) is 23.2 Å². The summed E-state index contributed by atoms with van der Waals surface area (Å²) < 4.78 is 17.4. The number of amides is 2. The maximum absolute atomic E-state index is 12.8. The molecule has 0 aliphatic carbocycles. The third-order valence-electron chi connectivity index (χ3n) is 8.66. The Hall–Kier alpha value is -4.96. The molecule has 0 bridgehead atoms. The third-order valence-corrected chi connectivity index (χ3v) is 8.66. The van der Waals surface area contributed by atoms with Gasteiger partial charge in [-0.3, -0.25) is 9.69 Å². The highest BCUT2D eigenvalue weighted by Gasteiger charge is 2.26. The number of aryl methyl sites for hydroxylation is 1. The molecule has 2 fully saturated rings. The summed E-state index contributed by atoms with van der Waals surface area (Å²) >= 11 is 0. The van der Waals surface area contributed by atoms with Crippen LogP contribution in [0.2, 0.25) is 0 Å². The Morgan fingerprint density at radius 2 is 1.53 bits per heavy atom. The molecular weight excluding hydrogens is 594 g/mol. The number of hydrogen-bond donors (Lipinski definition) is 1. The van der Waals surface area contributed by atoms with Crippen molar-refractivity contribution in [3.63, 3.8) is 0 Å². The van der Waals surface area contributed by atoms with Crippen molar-refractivity contribution < 1.29 is 23.8 Å². The molecule has 1 unspecified atom stereocenters. The van der Waals surface area contributed by atoms with Crippen LogP contribution < -0.4 is 19.5 Å². The molecule has 4 aromatic rings. The number of hydrogen-bond acceptors (Lipinski definition) is 8. The van der Waals surface area contributed by atoms with Crippen LogP contribution in [0, 0.1) is 6.92 Å². The molecule has 2 aliphatic heterocycles. The lowest BCUT2D eigenvalue weighted by atomic mass is 10.0. The number of nitrogens with zero attached hydrogens (tertiary/aromatic N) is 4.